The van der Waals surface area contributed by atoms with E-state index in [9.17, 15) is 9.59 Å². The van der Waals surface area contributed by atoms with Gasteiger partial charge < -0.3 is 10.1 Å². The van der Waals surface area contributed by atoms with E-state index in [-0.39, 0.29) is 18.4 Å². The van der Waals surface area contributed by atoms with E-state index in [1.807, 2.05) is 18.2 Å². The van der Waals surface area contributed by atoms with Crippen molar-refractivity contribution in [2.45, 2.75) is 25.7 Å². The summed E-state index contributed by atoms with van der Waals surface area (Å²) in [6.07, 6.45) is 2.95. The van der Waals surface area contributed by atoms with E-state index in [1.165, 1.54) is 0 Å². The second kappa shape index (κ2) is 6.19. The molecule has 0 aliphatic carbocycles. The minimum Gasteiger partial charge on any atom is -0.482 e. The zero-order valence-corrected chi connectivity index (χ0v) is 10.6. The largest absolute Gasteiger partial charge is 0.482 e. The van der Waals surface area contributed by atoms with Crippen LogP contribution in [0.5, 0.6) is 5.75 Å². The van der Waals surface area contributed by atoms with Crippen molar-refractivity contribution >= 4 is 17.5 Å². The van der Waals surface area contributed by atoms with Gasteiger partial charge in [0.15, 0.2) is 6.61 Å². The number of hydrazine groups is 1. The molecule has 0 fully saturated rings. The summed E-state index contributed by atoms with van der Waals surface area (Å²) < 4.78 is 5.28. The molecule has 1 aromatic rings. The van der Waals surface area contributed by atoms with Crippen molar-refractivity contribution < 1.29 is 14.3 Å². The molecule has 1 aliphatic rings. The number of hydrogen-bond acceptors (Lipinski definition) is 4. The van der Waals surface area contributed by atoms with Crippen LogP contribution >= 0.6 is 0 Å². The molecule has 2 rings (SSSR count). The molecular formula is C13H17N3O3. The zero-order chi connectivity index (χ0) is 13.7. The lowest BCUT2D eigenvalue weighted by Gasteiger charge is -2.18. The van der Waals surface area contributed by atoms with Crippen LogP contribution in [0.4, 0.5) is 5.69 Å². The molecule has 2 amide bonds. The van der Waals surface area contributed by atoms with Crippen LogP contribution in [0.1, 0.15) is 24.8 Å². The van der Waals surface area contributed by atoms with Gasteiger partial charge in [0.1, 0.15) is 5.75 Å². The Morgan fingerprint density at radius 3 is 3.05 bits per heavy atom. The van der Waals surface area contributed by atoms with Crippen LogP contribution in [-0.4, -0.2) is 18.4 Å². The molecule has 102 valence electrons. The molecule has 0 bridgehead atoms. The predicted molar refractivity (Wildman–Crippen MR) is 70.5 cm³/mol. The Morgan fingerprint density at radius 1 is 1.42 bits per heavy atom. The minimum atomic E-state index is -0.147. The van der Waals surface area contributed by atoms with Crippen LogP contribution in [0.15, 0.2) is 18.2 Å². The molecule has 0 atom stereocenters. The van der Waals surface area contributed by atoms with Crippen molar-refractivity contribution in [2.24, 2.45) is 5.84 Å². The highest BCUT2D eigenvalue weighted by Gasteiger charge is 2.15. The summed E-state index contributed by atoms with van der Waals surface area (Å²) in [7, 11) is 0. The standard InChI is InChI=1S/C13H17N3O3/c14-16-12(17)4-2-1-3-9-5-6-11-10(7-9)15-13(18)8-19-11/h5-7H,1-4,8,14H2,(H,15,18)(H,16,17). The van der Waals surface area contributed by atoms with Crippen LogP contribution in [-0.2, 0) is 16.0 Å². The van der Waals surface area contributed by atoms with Gasteiger partial charge in [-0.15, -0.1) is 0 Å². The van der Waals surface area contributed by atoms with Crippen molar-refractivity contribution in [3.05, 3.63) is 23.8 Å². The van der Waals surface area contributed by atoms with E-state index >= 15 is 0 Å². The minimum absolute atomic E-state index is 0.0700. The Bertz CT molecular complexity index is 488. The number of benzene rings is 1. The quantitative estimate of drug-likeness (QED) is 0.316. The molecule has 0 radical (unpaired) electrons. The van der Waals surface area contributed by atoms with Gasteiger partial charge in [-0.1, -0.05) is 6.07 Å². The van der Waals surface area contributed by atoms with Crippen molar-refractivity contribution in [3.8, 4) is 5.75 Å². The van der Waals surface area contributed by atoms with Gasteiger partial charge in [-0.05, 0) is 37.0 Å². The summed E-state index contributed by atoms with van der Waals surface area (Å²) in [6.45, 7) is 0.0700. The Morgan fingerprint density at radius 2 is 2.26 bits per heavy atom. The molecule has 0 saturated heterocycles. The van der Waals surface area contributed by atoms with Gasteiger partial charge in [-0.25, -0.2) is 5.84 Å². The van der Waals surface area contributed by atoms with Crippen molar-refractivity contribution in [1.82, 2.24) is 5.43 Å². The fourth-order valence-electron chi connectivity index (χ4n) is 1.97. The monoisotopic (exact) mass is 263 g/mol. The predicted octanol–water partition coefficient (Wildman–Crippen LogP) is 0.720. The zero-order valence-electron chi connectivity index (χ0n) is 10.6. The van der Waals surface area contributed by atoms with E-state index in [0.717, 1.165) is 24.8 Å². The van der Waals surface area contributed by atoms with E-state index < -0.39 is 0 Å². The first-order valence-corrected chi connectivity index (χ1v) is 6.24. The lowest BCUT2D eigenvalue weighted by atomic mass is 10.1. The van der Waals surface area contributed by atoms with Gasteiger partial charge in [-0.2, -0.15) is 0 Å². The normalized spacial score (nSPS) is 13.2. The smallest absolute Gasteiger partial charge is 0.262 e. The van der Waals surface area contributed by atoms with Gasteiger partial charge >= 0.3 is 0 Å². The molecule has 6 nitrogen and oxygen atoms in total. The molecule has 0 aromatic heterocycles. The highest BCUT2D eigenvalue weighted by atomic mass is 16.5. The third-order valence-corrected chi connectivity index (χ3v) is 2.96. The summed E-state index contributed by atoms with van der Waals surface area (Å²) in [4.78, 5) is 22.2. The van der Waals surface area contributed by atoms with Crippen molar-refractivity contribution in [1.29, 1.82) is 0 Å². The Hall–Kier alpha value is -2.08. The third kappa shape index (κ3) is 3.69. The van der Waals surface area contributed by atoms with Crippen LogP contribution in [0, 0.1) is 0 Å². The summed E-state index contributed by atoms with van der Waals surface area (Å²) in [5.41, 5.74) is 3.93. The lowest BCUT2D eigenvalue weighted by Crippen LogP contribution is -2.29. The number of amides is 2. The van der Waals surface area contributed by atoms with Crippen LogP contribution in [0.25, 0.3) is 0 Å². The van der Waals surface area contributed by atoms with E-state index in [4.69, 9.17) is 10.6 Å². The summed E-state index contributed by atoms with van der Waals surface area (Å²) >= 11 is 0. The summed E-state index contributed by atoms with van der Waals surface area (Å²) in [5.74, 6) is 5.42. The molecule has 0 spiro atoms. The maximum absolute atomic E-state index is 11.2. The van der Waals surface area contributed by atoms with E-state index in [1.54, 1.807) is 0 Å². The summed E-state index contributed by atoms with van der Waals surface area (Å²) in [6, 6.07) is 5.74. The number of aryl methyl sites for hydroxylation is 1. The van der Waals surface area contributed by atoms with Crippen molar-refractivity contribution in [2.75, 3.05) is 11.9 Å². The highest BCUT2D eigenvalue weighted by molar-refractivity contribution is 5.95. The van der Waals surface area contributed by atoms with Crippen LogP contribution < -0.4 is 21.3 Å². The molecule has 0 saturated carbocycles. The SMILES string of the molecule is NNC(=O)CCCCc1ccc2c(c1)NC(=O)CO2. The van der Waals surface area contributed by atoms with Gasteiger partial charge in [0.2, 0.25) is 5.91 Å². The Kier molecular flexibility index (Phi) is 4.35. The molecule has 19 heavy (non-hydrogen) atoms. The van der Waals surface area contributed by atoms with Gasteiger partial charge in [0, 0.05) is 6.42 Å². The average molecular weight is 263 g/mol. The Labute approximate surface area is 111 Å². The second-order valence-electron chi connectivity index (χ2n) is 4.44. The first-order chi connectivity index (χ1) is 9.19. The van der Waals surface area contributed by atoms with Gasteiger partial charge in [-0.3, -0.25) is 15.0 Å². The topological polar surface area (TPSA) is 93.5 Å². The van der Waals surface area contributed by atoms with Gasteiger partial charge in [0.05, 0.1) is 5.69 Å². The Balaban J connectivity index is 1.86. The maximum atomic E-state index is 11.2. The van der Waals surface area contributed by atoms with Crippen molar-refractivity contribution in [3.63, 3.8) is 0 Å². The first-order valence-electron chi connectivity index (χ1n) is 6.24. The molecule has 1 heterocycles. The number of ether oxygens (including phenoxy) is 1. The highest BCUT2D eigenvalue weighted by Crippen LogP contribution is 2.28. The number of nitrogens with one attached hydrogen (secondary N) is 2. The second-order valence-corrected chi connectivity index (χ2v) is 4.44. The number of rotatable bonds is 5. The number of hydrogen-bond donors (Lipinski definition) is 3. The summed E-state index contributed by atoms with van der Waals surface area (Å²) in [5, 5.41) is 2.77. The van der Waals surface area contributed by atoms with Crippen LogP contribution in [0.2, 0.25) is 0 Å². The van der Waals surface area contributed by atoms with Crippen LogP contribution in [0.3, 0.4) is 0 Å². The number of unbranched alkanes of at least 4 members (excludes halogenated alkanes) is 1. The molecule has 4 N–H and O–H groups in total. The number of fused-ring (bicyclic) bond motifs is 1. The molecule has 1 aliphatic heterocycles. The number of carbonyl (C=O) groups excluding carboxylic acids is 2. The molecule has 1 aromatic carbocycles. The average Bonchev–Trinajstić information content (AvgIpc) is 2.42. The molecular weight excluding hydrogens is 246 g/mol. The number of anilines is 1. The van der Waals surface area contributed by atoms with E-state index in [2.05, 4.69) is 10.7 Å². The first kappa shape index (κ1) is 13.4. The third-order valence-electron chi connectivity index (χ3n) is 2.96. The van der Waals surface area contributed by atoms with Gasteiger partial charge in [0.25, 0.3) is 5.91 Å². The number of nitrogens with two attached hydrogens (primary N) is 1. The number of carbonyl (C=O) groups is 2. The van der Waals surface area contributed by atoms with E-state index in [0.29, 0.717) is 17.9 Å². The molecule has 6 heteroatoms. The lowest BCUT2D eigenvalue weighted by molar-refractivity contribution is -0.121. The molecule has 0 unspecified atom stereocenters. The fourth-order valence-corrected chi connectivity index (χ4v) is 1.97. The fraction of sp³-hybridized carbons (Fsp3) is 0.385. The maximum Gasteiger partial charge on any atom is 0.262 e.